The van der Waals surface area contributed by atoms with Gasteiger partial charge in [-0.05, 0) is 13.5 Å². The molecule has 0 aromatic rings. The molecular weight excluding hydrogens is 262 g/mol. The molecular formula is C13H25N3O4. The monoisotopic (exact) mass is 287 g/mol. The van der Waals surface area contributed by atoms with Crippen LogP contribution in [0.25, 0.3) is 0 Å². The molecule has 2 atom stereocenters. The summed E-state index contributed by atoms with van der Waals surface area (Å²) in [6, 6.07) is -0.876. The molecule has 0 aromatic carbocycles. The quantitative estimate of drug-likeness (QED) is 0.730. The number of methoxy groups -OCH3 is 1. The summed E-state index contributed by atoms with van der Waals surface area (Å²) in [7, 11) is 3.55. The normalized spacial score (nSPS) is 21.6. The van der Waals surface area contributed by atoms with Crippen molar-refractivity contribution in [3.63, 3.8) is 0 Å². The van der Waals surface area contributed by atoms with Crippen molar-refractivity contribution in [1.29, 1.82) is 0 Å². The van der Waals surface area contributed by atoms with Gasteiger partial charge < -0.3 is 20.1 Å². The van der Waals surface area contributed by atoms with Crippen LogP contribution in [0.1, 0.15) is 19.8 Å². The summed E-state index contributed by atoms with van der Waals surface area (Å²) >= 11 is 0. The van der Waals surface area contributed by atoms with Crippen molar-refractivity contribution >= 4 is 12.0 Å². The highest BCUT2D eigenvalue weighted by Crippen LogP contribution is 2.11. The van der Waals surface area contributed by atoms with Gasteiger partial charge in [0, 0.05) is 45.8 Å². The Morgan fingerprint density at radius 2 is 2.15 bits per heavy atom. The first-order valence-electron chi connectivity index (χ1n) is 6.97. The first kappa shape index (κ1) is 16.7. The summed E-state index contributed by atoms with van der Waals surface area (Å²) in [5, 5.41) is 11.7. The second-order valence-electron chi connectivity index (χ2n) is 5.11. The number of ether oxygens (including phenoxy) is 1. The van der Waals surface area contributed by atoms with Crippen LogP contribution in [0.5, 0.6) is 0 Å². The van der Waals surface area contributed by atoms with Crippen molar-refractivity contribution in [2.24, 2.45) is 0 Å². The van der Waals surface area contributed by atoms with Gasteiger partial charge in [-0.1, -0.05) is 6.92 Å². The first-order chi connectivity index (χ1) is 9.49. The number of nitrogens with zero attached hydrogens (tertiary/aromatic N) is 2. The van der Waals surface area contributed by atoms with Gasteiger partial charge in [0.25, 0.3) is 0 Å². The Morgan fingerprint density at radius 1 is 1.45 bits per heavy atom. The highest BCUT2D eigenvalue weighted by atomic mass is 16.5. The molecule has 0 saturated carbocycles. The molecule has 1 aliphatic rings. The predicted octanol–water partition coefficient (Wildman–Crippen LogP) is 0.212. The Hall–Kier alpha value is -1.34. The second kappa shape index (κ2) is 8.06. The molecule has 0 aliphatic carbocycles. The van der Waals surface area contributed by atoms with Gasteiger partial charge in [-0.25, -0.2) is 9.59 Å². The third-order valence-corrected chi connectivity index (χ3v) is 3.74. The smallest absolute Gasteiger partial charge is 0.326 e. The van der Waals surface area contributed by atoms with E-state index >= 15 is 0 Å². The summed E-state index contributed by atoms with van der Waals surface area (Å²) in [6.45, 7) is 4.45. The Bertz CT molecular complexity index is 338. The van der Waals surface area contributed by atoms with Crippen molar-refractivity contribution < 1.29 is 19.4 Å². The predicted molar refractivity (Wildman–Crippen MR) is 74.7 cm³/mol. The molecule has 1 heterocycles. The largest absolute Gasteiger partial charge is 0.480 e. The number of carboxylic acid groups (broad SMARTS) is 1. The lowest BCUT2D eigenvalue weighted by atomic mass is 10.1. The van der Waals surface area contributed by atoms with Crippen LogP contribution in [0.15, 0.2) is 0 Å². The molecule has 1 fully saturated rings. The summed E-state index contributed by atoms with van der Waals surface area (Å²) in [4.78, 5) is 27.2. The van der Waals surface area contributed by atoms with Crippen molar-refractivity contribution in [2.45, 2.75) is 31.8 Å². The Labute approximate surface area is 119 Å². The van der Waals surface area contributed by atoms with Crippen LogP contribution >= 0.6 is 0 Å². The minimum absolute atomic E-state index is 0.266. The van der Waals surface area contributed by atoms with Gasteiger partial charge in [0.15, 0.2) is 0 Å². The van der Waals surface area contributed by atoms with Crippen molar-refractivity contribution in [3.8, 4) is 0 Å². The van der Waals surface area contributed by atoms with E-state index in [2.05, 4.69) is 17.1 Å². The SMILES string of the molecule is CCC1CN(C(=O)NC(CCOC)C(=O)O)CCN1C. The van der Waals surface area contributed by atoms with E-state index in [1.807, 2.05) is 7.05 Å². The van der Waals surface area contributed by atoms with Crippen LogP contribution in [0.4, 0.5) is 4.79 Å². The zero-order chi connectivity index (χ0) is 15.1. The zero-order valence-electron chi connectivity index (χ0n) is 12.5. The fourth-order valence-electron chi connectivity index (χ4n) is 2.30. The molecule has 116 valence electrons. The van der Waals surface area contributed by atoms with E-state index in [9.17, 15) is 9.59 Å². The van der Waals surface area contributed by atoms with E-state index in [0.29, 0.717) is 25.7 Å². The Kier molecular flexibility index (Phi) is 6.74. The average Bonchev–Trinajstić information content (AvgIpc) is 2.43. The maximum atomic E-state index is 12.1. The molecule has 0 radical (unpaired) electrons. The van der Waals surface area contributed by atoms with E-state index in [-0.39, 0.29) is 12.5 Å². The number of amides is 2. The molecule has 0 spiro atoms. The number of hydrogen-bond acceptors (Lipinski definition) is 4. The van der Waals surface area contributed by atoms with Gasteiger partial charge in [-0.15, -0.1) is 0 Å². The van der Waals surface area contributed by atoms with E-state index in [1.165, 1.54) is 7.11 Å². The minimum atomic E-state index is -1.03. The molecule has 2 amide bonds. The molecule has 20 heavy (non-hydrogen) atoms. The van der Waals surface area contributed by atoms with E-state index in [4.69, 9.17) is 9.84 Å². The number of piperazine rings is 1. The number of rotatable bonds is 6. The highest BCUT2D eigenvalue weighted by Gasteiger charge is 2.28. The Morgan fingerprint density at radius 3 is 2.70 bits per heavy atom. The number of carboxylic acids is 1. The summed E-state index contributed by atoms with van der Waals surface area (Å²) in [6.07, 6.45) is 1.23. The second-order valence-corrected chi connectivity index (χ2v) is 5.11. The van der Waals surface area contributed by atoms with Crippen molar-refractivity contribution in [2.75, 3.05) is 40.4 Å². The van der Waals surface area contributed by atoms with Gasteiger partial charge in [-0.2, -0.15) is 0 Å². The van der Waals surface area contributed by atoms with Gasteiger partial charge in [0.1, 0.15) is 6.04 Å². The van der Waals surface area contributed by atoms with Gasteiger partial charge in [0.2, 0.25) is 0 Å². The van der Waals surface area contributed by atoms with Crippen LogP contribution < -0.4 is 5.32 Å². The standard InChI is InChI=1S/C13H25N3O4/c1-4-10-9-16(7-6-15(10)2)13(19)14-11(12(17)18)5-8-20-3/h10-11H,4-9H2,1-3H3,(H,14,19)(H,17,18). The molecule has 1 aliphatic heterocycles. The molecule has 2 unspecified atom stereocenters. The lowest BCUT2D eigenvalue weighted by molar-refractivity contribution is -0.139. The summed E-state index contributed by atoms with van der Waals surface area (Å²) < 4.78 is 4.86. The third kappa shape index (κ3) is 4.64. The maximum absolute atomic E-state index is 12.1. The van der Waals surface area contributed by atoms with E-state index in [0.717, 1.165) is 13.0 Å². The molecule has 2 N–H and O–H groups in total. The minimum Gasteiger partial charge on any atom is -0.480 e. The molecule has 1 saturated heterocycles. The topological polar surface area (TPSA) is 82.1 Å². The number of carbonyl (C=O) groups excluding carboxylic acids is 1. The van der Waals surface area contributed by atoms with Gasteiger partial charge in [-0.3, -0.25) is 4.90 Å². The fourth-order valence-corrected chi connectivity index (χ4v) is 2.30. The zero-order valence-corrected chi connectivity index (χ0v) is 12.5. The number of nitrogens with one attached hydrogen (secondary N) is 1. The fraction of sp³-hybridized carbons (Fsp3) is 0.846. The van der Waals surface area contributed by atoms with Crippen LogP contribution in [0.3, 0.4) is 0 Å². The third-order valence-electron chi connectivity index (χ3n) is 3.74. The highest BCUT2D eigenvalue weighted by molar-refractivity contribution is 5.82. The van der Waals surface area contributed by atoms with Crippen molar-refractivity contribution in [1.82, 2.24) is 15.1 Å². The Balaban J connectivity index is 2.53. The van der Waals surface area contributed by atoms with E-state index < -0.39 is 12.0 Å². The molecule has 0 aromatic heterocycles. The average molecular weight is 287 g/mol. The van der Waals surface area contributed by atoms with Crippen LogP contribution in [-0.4, -0.2) is 79.4 Å². The lowest BCUT2D eigenvalue weighted by Crippen LogP contribution is -2.57. The molecule has 7 nitrogen and oxygen atoms in total. The van der Waals surface area contributed by atoms with Crippen molar-refractivity contribution in [3.05, 3.63) is 0 Å². The number of urea groups is 1. The van der Waals surface area contributed by atoms with Crippen LogP contribution in [0, 0.1) is 0 Å². The molecule has 0 bridgehead atoms. The molecule has 1 rings (SSSR count). The van der Waals surface area contributed by atoms with Gasteiger partial charge >= 0.3 is 12.0 Å². The first-order valence-corrected chi connectivity index (χ1v) is 6.97. The summed E-state index contributed by atoms with van der Waals surface area (Å²) in [5.74, 6) is -1.03. The number of aliphatic carboxylic acids is 1. The maximum Gasteiger partial charge on any atom is 0.326 e. The van der Waals surface area contributed by atoms with Gasteiger partial charge in [0.05, 0.1) is 0 Å². The summed E-state index contributed by atoms with van der Waals surface area (Å²) in [5.41, 5.74) is 0. The number of hydrogen-bond donors (Lipinski definition) is 2. The lowest BCUT2D eigenvalue weighted by Gasteiger charge is -2.39. The number of likely N-dealkylation sites (N-methyl/N-ethyl adjacent to an activating group) is 1. The molecule has 7 heteroatoms. The van der Waals surface area contributed by atoms with E-state index in [1.54, 1.807) is 4.90 Å². The number of carbonyl (C=O) groups is 2. The van der Waals surface area contributed by atoms with Crippen LogP contribution in [-0.2, 0) is 9.53 Å². The van der Waals surface area contributed by atoms with Crippen LogP contribution in [0.2, 0.25) is 0 Å².